The highest BCUT2D eigenvalue weighted by Crippen LogP contribution is 2.35. The summed E-state index contributed by atoms with van der Waals surface area (Å²) < 4.78 is 11.0. The molecule has 0 N–H and O–H groups in total. The lowest BCUT2D eigenvalue weighted by Gasteiger charge is -2.48. The van der Waals surface area contributed by atoms with Crippen LogP contribution in [0, 0.1) is 0 Å². The average Bonchev–Trinajstić information content (AvgIpc) is 2.28. The summed E-state index contributed by atoms with van der Waals surface area (Å²) in [5, 5.41) is 0. The quantitative estimate of drug-likeness (QED) is 0.733. The van der Waals surface area contributed by atoms with E-state index >= 15 is 0 Å². The molecular formula is C12H15NO2. The van der Waals surface area contributed by atoms with Crippen molar-refractivity contribution >= 4 is 5.69 Å². The number of methoxy groups -OCH3 is 1. The number of piperidine rings is 1. The third-order valence-electron chi connectivity index (χ3n) is 3.18. The largest absolute Gasteiger partial charge is 0.495 e. The molecular weight excluding hydrogens is 190 g/mol. The molecule has 0 spiro atoms. The summed E-state index contributed by atoms with van der Waals surface area (Å²) in [6, 6.07) is 8.18. The fraction of sp³-hybridized carbons (Fsp3) is 0.500. The Hall–Kier alpha value is -1.22. The van der Waals surface area contributed by atoms with Crippen molar-refractivity contribution in [1.29, 1.82) is 0 Å². The van der Waals surface area contributed by atoms with Crippen molar-refractivity contribution in [3.8, 4) is 5.75 Å². The Balaban J connectivity index is 1.85. The number of fused-ring (bicyclic) bond motifs is 2. The van der Waals surface area contributed by atoms with Gasteiger partial charge in [0.05, 0.1) is 25.0 Å². The third kappa shape index (κ3) is 1.47. The zero-order chi connectivity index (χ0) is 10.3. The van der Waals surface area contributed by atoms with E-state index < -0.39 is 0 Å². The molecule has 3 nitrogen and oxygen atoms in total. The number of ether oxygens (including phenoxy) is 2. The van der Waals surface area contributed by atoms with Crippen LogP contribution < -0.4 is 9.64 Å². The summed E-state index contributed by atoms with van der Waals surface area (Å²) in [5.74, 6) is 0.957. The molecule has 3 saturated heterocycles. The number of nitrogens with zero attached hydrogens (tertiary/aromatic N) is 1. The Labute approximate surface area is 89.6 Å². The zero-order valence-corrected chi connectivity index (χ0v) is 8.85. The SMILES string of the molecule is COc1ccccc1N1CC2CC(C1)O2. The predicted molar refractivity (Wildman–Crippen MR) is 58.5 cm³/mol. The molecule has 2 unspecified atom stereocenters. The molecule has 0 amide bonds. The summed E-state index contributed by atoms with van der Waals surface area (Å²) >= 11 is 0. The van der Waals surface area contributed by atoms with Crippen molar-refractivity contribution in [2.45, 2.75) is 18.6 Å². The van der Waals surface area contributed by atoms with Crippen LogP contribution in [0.1, 0.15) is 6.42 Å². The molecule has 3 aliphatic rings. The van der Waals surface area contributed by atoms with Crippen molar-refractivity contribution < 1.29 is 9.47 Å². The maximum absolute atomic E-state index is 5.62. The molecule has 0 radical (unpaired) electrons. The van der Waals surface area contributed by atoms with Crippen molar-refractivity contribution in [2.24, 2.45) is 0 Å². The van der Waals surface area contributed by atoms with Gasteiger partial charge in [0.25, 0.3) is 0 Å². The number of hydrogen-bond acceptors (Lipinski definition) is 3. The summed E-state index contributed by atoms with van der Waals surface area (Å²) in [5.41, 5.74) is 1.19. The monoisotopic (exact) mass is 205 g/mol. The van der Waals surface area contributed by atoms with Crippen LogP contribution in [-0.2, 0) is 4.74 Å². The van der Waals surface area contributed by atoms with E-state index in [0.29, 0.717) is 12.2 Å². The predicted octanol–water partition coefficient (Wildman–Crippen LogP) is 1.67. The second-order valence-corrected chi connectivity index (χ2v) is 4.19. The number of para-hydroxylation sites is 2. The first kappa shape index (κ1) is 9.04. The van der Waals surface area contributed by atoms with Gasteiger partial charge in [0.15, 0.2) is 0 Å². The second kappa shape index (κ2) is 3.42. The minimum atomic E-state index is 0.439. The van der Waals surface area contributed by atoms with E-state index in [1.807, 2.05) is 12.1 Å². The molecule has 80 valence electrons. The lowest BCUT2D eigenvalue weighted by atomic mass is 9.98. The van der Waals surface area contributed by atoms with Gasteiger partial charge in [-0.05, 0) is 12.1 Å². The lowest BCUT2D eigenvalue weighted by Crippen LogP contribution is -2.57. The van der Waals surface area contributed by atoms with Gasteiger partial charge in [-0.3, -0.25) is 0 Å². The number of benzene rings is 1. The fourth-order valence-electron chi connectivity index (χ4n) is 2.44. The topological polar surface area (TPSA) is 21.7 Å². The van der Waals surface area contributed by atoms with Crippen LogP contribution in [0.4, 0.5) is 5.69 Å². The van der Waals surface area contributed by atoms with Crippen molar-refractivity contribution in [3.63, 3.8) is 0 Å². The molecule has 2 bridgehead atoms. The van der Waals surface area contributed by atoms with Gasteiger partial charge in [0.2, 0.25) is 0 Å². The summed E-state index contributed by atoms with van der Waals surface area (Å²) in [7, 11) is 1.72. The molecule has 1 aromatic rings. The average molecular weight is 205 g/mol. The molecule has 0 aliphatic carbocycles. The normalized spacial score (nSPS) is 28.5. The van der Waals surface area contributed by atoms with E-state index in [1.54, 1.807) is 7.11 Å². The highest BCUT2D eigenvalue weighted by atomic mass is 16.5. The second-order valence-electron chi connectivity index (χ2n) is 4.19. The van der Waals surface area contributed by atoms with E-state index in [1.165, 1.54) is 12.1 Å². The molecule has 15 heavy (non-hydrogen) atoms. The molecule has 3 aliphatic heterocycles. The summed E-state index contributed by atoms with van der Waals surface area (Å²) in [4.78, 5) is 2.36. The summed E-state index contributed by atoms with van der Waals surface area (Å²) in [6.07, 6.45) is 2.10. The van der Waals surface area contributed by atoms with Crippen LogP contribution in [0.5, 0.6) is 5.75 Å². The Morgan fingerprint density at radius 3 is 2.60 bits per heavy atom. The van der Waals surface area contributed by atoms with Gasteiger partial charge in [-0.15, -0.1) is 0 Å². The van der Waals surface area contributed by atoms with Crippen LogP contribution in [0.15, 0.2) is 24.3 Å². The Kier molecular flexibility index (Phi) is 2.06. The molecule has 3 heteroatoms. The smallest absolute Gasteiger partial charge is 0.142 e. The third-order valence-corrected chi connectivity index (χ3v) is 3.18. The molecule has 3 fully saturated rings. The fourth-order valence-corrected chi connectivity index (χ4v) is 2.44. The van der Waals surface area contributed by atoms with E-state index in [4.69, 9.17) is 9.47 Å². The van der Waals surface area contributed by atoms with Gasteiger partial charge in [-0.1, -0.05) is 12.1 Å². The van der Waals surface area contributed by atoms with Crippen LogP contribution in [0.2, 0.25) is 0 Å². The number of anilines is 1. The van der Waals surface area contributed by atoms with Gasteiger partial charge in [0, 0.05) is 19.5 Å². The van der Waals surface area contributed by atoms with Crippen LogP contribution in [0.3, 0.4) is 0 Å². The van der Waals surface area contributed by atoms with Crippen molar-refractivity contribution in [3.05, 3.63) is 24.3 Å². The van der Waals surface area contributed by atoms with E-state index in [9.17, 15) is 0 Å². The van der Waals surface area contributed by atoms with E-state index in [0.717, 1.165) is 18.8 Å². The first-order valence-corrected chi connectivity index (χ1v) is 5.40. The zero-order valence-electron chi connectivity index (χ0n) is 8.85. The molecule has 0 aromatic heterocycles. The van der Waals surface area contributed by atoms with Crippen LogP contribution >= 0.6 is 0 Å². The van der Waals surface area contributed by atoms with Gasteiger partial charge in [0.1, 0.15) is 5.75 Å². The Bertz CT molecular complexity index is 350. The minimum Gasteiger partial charge on any atom is -0.495 e. The number of morpholine rings is 1. The molecule has 1 aromatic carbocycles. The maximum Gasteiger partial charge on any atom is 0.142 e. The molecule has 3 heterocycles. The lowest BCUT2D eigenvalue weighted by molar-refractivity contribution is -0.133. The van der Waals surface area contributed by atoms with Gasteiger partial charge >= 0.3 is 0 Å². The Morgan fingerprint density at radius 1 is 1.27 bits per heavy atom. The minimum absolute atomic E-state index is 0.439. The molecule has 4 rings (SSSR count). The standard InChI is InChI=1S/C12H15NO2/c1-14-12-5-3-2-4-11(12)13-7-9-6-10(8-13)15-9/h2-5,9-10H,6-8H2,1H3. The first-order chi connectivity index (χ1) is 7.36. The van der Waals surface area contributed by atoms with Gasteiger partial charge < -0.3 is 14.4 Å². The highest BCUT2D eigenvalue weighted by molar-refractivity contribution is 5.59. The van der Waals surface area contributed by atoms with Crippen molar-refractivity contribution in [2.75, 3.05) is 25.1 Å². The van der Waals surface area contributed by atoms with E-state index in [2.05, 4.69) is 17.0 Å². The Morgan fingerprint density at radius 2 is 1.93 bits per heavy atom. The maximum atomic E-state index is 5.62. The van der Waals surface area contributed by atoms with Crippen LogP contribution in [-0.4, -0.2) is 32.4 Å². The molecule has 2 atom stereocenters. The van der Waals surface area contributed by atoms with Crippen molar-refractivity contribution in [1.82, 2.24) is 0 Å². The highest BCUT2D eigenvalue weighted by Gasteiger charge is 2.38. The number of rotatable bonds is 2. The first-order valence-electron chi connectivity index (χ1n) is 5.40. The van der Waals surface area contributed by atoms with E-state index in [-0.39, 0.29) is 0 Å². The number of hydrogen-bond donors (Lipinski definition) is 0. The molecule has 0 saturated carbocycles. The van der Waals surface area contributed by atoms with Gasteiger partial charge in [-0.25, -0.2) is 0 Å². The summed E-state index contributed by atoms with van der Waals surface area (Å²) in [6.45, 7) is 1.99. The van der Waals surface area contributed by atoms with Gasteiger partial charge in [-0.2, -0.15) is 0 Å². The van der Waals surface area contributed by atoms with Crippen LogP contribution in [0.25, 0.3) is 0 Å².